The van der Waals surface area contributed by atoms with Crippen LogP contribution in [0.5, 0.6) is 0 Å². The maximum Gasteiger partial charge on any atom is 0.167 e. The van der Waals surface area contributed by atoms with E-state index >= 15 is 0 Å². The normalized spacial score (nSPS) is 33.0. The predicted octanol–water partition coefficient (Wildman–Crippen LogP) is 0.182. The first kappa shape index (κ1) is 16.6. The third kappa shape index (κ3) is 3.08. The topological polar surface area (TPSA) is 126 Å². The Morgan fingerprint density at radius 3 is 2.76 bits per heavy atom. The number of anilines is 1. The van der Waals surface area contributed by atoms with Gasteiger partial charge >= 0.3 is 0 Å². The number of imidazole rings is 1. The molecule has 5 unspecified atom stereocenters. The zero-order valence-corrected chi connectivity index (χ0v) is 13.8. The fourth-order valence-electron chi connectivity index (χ4n) is 3.70. The number of ether oxygens (including phenoxy) is 1. The number of nitrogens with one attached hydrogen (secondary N) is 1. The van der Waals surface area contributed by atoms with Crippen LogP contribution in [0.2, 0.25) is 0 Å². The van der Waals surface area contributed by atoms with Crippen LogP contribution in [-0.2, 0) is 4.74 Å². The predicted molar refractivity (Wildman–Crippen MR) is 88.8 cm³/mol. The summed E-state index contributed by atoms with van der Waals surface area (Å²) in [6, 6.07) is -0.0518. The molecule has 4 rings (SSSR count). The van der Waals surface area contributed by atoms with Crippen molar-refractivity contribution in [2.75, 3.05) is 11.9 Å². The second-order valence-electron chi connectivity index (χ2n) is 6.78. The average molecular weight is 349 g/mol. The summed E-state index contributed by atoms with van der Waals surface area (Å²) in [6.07, 6.45) is 4.98. The Hall–Kier alpha value is -1.81. The molecule has 136 valence electrons. The lowest BCUT2D eigenvalue weighted by atomic mass is 9.92. The van der Waals surface area contributed by atoms with E-state index in [-0.39, 0.29) is 12.6 Å². The van der Waals surface area contributed by atoms with Gasteiger partial charge < -0.3 is 25.4 Å². The Bertz CT molecular complexity index is 738. The van der Waals surface area contributed by atoms with Crippen molar-refractivity contribution in [3.05, 3.63) is 12.7 Å². The largest absolute Gasteiger partial charge is 0.394 e. The Morgan fingerprint density at radius 1 is 1.16 bits per heavy atom. The van der Waals surface area contributed by atoms with E-state index in [1.54, 1.807) is 10.9 Å². The second-order valence-corrected chi connectivity index (χ2v) is 6.78. The summed E-state index contributed by atoms with van der Waals surface area (Å²) in [5, 5.41) is 32.9. The first-order valence-electron chi connectivity index (χ1n) is 8.74. The highest BCUT2D eigenvalue weighted by Gasteiger charge is 2.36. The van der Waals surface area contributed by atoms with E-state index in [1.165, 1.54) is 6.33 Å². The lowest BCUT2D eigenvalue weighted by Gasteiger charge is -2.28. The van der Waals surface area contributed by atoms with E-state index in [2.05, 4.69) is 20.3 Å². The van der Waals surface area contributed by atoms with Crippen LogP contribution in [0.1, 0.15) is 38.3 Å². The van der Waals surface area contributed by atoms with Gasteiger partial charge in [0, 0.05) is 6.42 Å². The van der Waals surface area contributed by atoms with Gasteiger partial charge in [-0.2, -0.15) is 0 Å². The van der Waals surface area contributed by atoms with Gasteiger partial charge in [0.2, 0.25) is 0 Å². The third-order valence-electron chi connectivity index (χ3n) is 5.05. The van der Waals surface area contributed by atoms with Gasteiger partial charge in [0.1, 0.15) is 12.4 Å². The van der Waals surface area contributed by atoms with Gasteiger partial charge in [-0.25, -0.2) is 15.0 Å². The van der Waals surface area contributed by atoms with Crippen molar-refractivity contribution in [3.8, 4) is 0 Å². The average Bonchev–Trinajstić information content (AvgIpc) is 3.20. The number of rotatable bonds is 4. The van der Waals surface area contributed by atoms with Crippen LogP contribution >= 0.6 is 0 Å². The maximum absolute atomic E-state index is 10.2. The summed E-state index contributed by atoms with van der Waals surface area (Å²) in [7, 11) is 0. The Labute approximate surface area is 144 Å². The second kappa shape index (κ2) is 6.83. The van der Waals surface area contributed by atoms with Crippen LogP contribution in [0, 0.1) is 0 Å². The van der Waals surface area contributed by atoms with E-state index in [0.717, 1.165) is 25.7 Å². The summed E-state index contributed by atoms with van der Waals surface area (Å²) >= 11 is 0. The summed E-state index contributed by atoms with van der Waals surface area (Å²) in [5.74, 6) is 0.570. The summed E-state index contributed by atoms with van der Waals surface area (Å²) < 4.78 is 7.35. The summed E-state index contributed by atoms with van der Waals surface area (Å²) in [5.41, 5.74) is 1.12. The first-order chi connectivity index (χ1) is 12.2. The fraction of sp³-hybridized carbons (Fsp3) is 0.688. The zero-order chi connectivity index (χ0) is 17.4. The molecule has 9 heteroatoms. The lowest BCUT2D eigenvalue weighted by molar-refractivity contribution is -0.0486. The smallest absolute Gasteiger partial charge is 0.167 e. The number of hydrogen-bond donors (Lipinski definition) is 4. The minimum absolute atomic E-state index is 0.0518. The van der Waals surface area contributed by atoms with Gasteiger partial charge in [-0.1, -0.05) is 12.8 Å². The SMILES string of the molecule is OCC1CC(O)C(n2cnc3c(NC4CCCCC4O)ncnc32)O1. The van der Waals surface area contributed by atoms with Crippen molar-refractivity contribution in [1.29, 1.82) is 0 Å². The van der Waals surface area contributed by atoms with Crippen LogP contribution in [0.4, 0.5) is 5.82 Å². The van der Waals surface area contributed by atoms with Gasteiger partial charge in [0.25, 0.3) is 0 Å². The molecular weight excluding hydrogens is 326 g/mol. The van der Waals surface area contributed by atoms with Gasteiger partial charge in [-0.15, -0.1) is 0 Å². The molecule has 9 nitrogen and oxygen atoms in total. The molecule has 2 aromatic rings. The molecule has 2 aliphatic rings. The molecule has 3 heterocycles. The lowest BCUT2D eigenvalue weighted by Crippen LogP contribution is -2.36. The molecule has 1 saturated carbocycles. The van der Waals surface area contributed by atoms with Crippen LogP contribution in [-0.4, -0.2) is 65.8 Å². The van der Waals surface area contributed by atoms with Crippen molar-refractivity contribution in [3.63, 3.8) is 0 Å². The van der Waals surface area contributed by atoms with Crippen molar-refractivity contribution in [1.82, 2.24) is 19.5 Å². The molecule has 5 atom stereocenters. The first-order valence-corrected chi connectivity index (χ1v) is 8.74. The van der Waals surface area contributed by atoms with E-state index < -0.39 is 24.5 Å². The zero-order valence-electron chi connectivity index (χ0n) is 13.8. The molecule has 1 saturated heterocycles. The van der Waals surface area contributed by atoms with Crippen LogP contribution < -0.4 is 5.32 Å². The van der Waals surface area contributed by atoms with Gasteiger partial charge in [-0.05, 0) is 12.8 Å². The number of nitrogens with zero attached hydrogens (tertiary/aromatic N) is 4. The highest BCUT2D eigenvalue weighted by atomic mass is 16.5. The molecule has 0 radical (unpaired) electrons. The van der Waals surface area contributed by atoms with Gasteiger partial charge in [-0.3, -0.25) is 4.57 Å². The Kier molecular flexibility index (Phi) is 4.55. The number of aromatic nitrogens is 4. The molecule has 2 fully saturated rings. The molecule has 0 amide bonds. The molecule has 4 N–H and O–H groups in total. The molecule has 0 bridgehead atoms. The van der Waals surface area contributed by atoms with E-state index in [0.29, 0.717) is 23.4 Å². The molecular formula is C16H23N5O4. The van der Waals surface area contributed by atoms with Crippen molar-refractivity contribution in [2.24, 2.45) is 0 Å². The fourth-order valence-corrected chi connectivity index (χ4v) is 3.70. The number of aliphatic hydroxyl groups excluding tert-OH is 3. The third-order valence-corrected chi connectivity index (χ3v) is 5.05. The van der Waals surface area contributed by atoms with E-state index in [1.807, 2.05) is 0 Å². The maximum atomic E-state index is 10.2. The minimum Gasteiger partial charge on any atom is -0.394 e. The highest BCUT2D eigenvalue weighted by Crippen LogP contribution is 2.32. The summed E-state index contributed by atoms with van der Waals surface area (Å²) in [6.45, 7) is -0.137. The molecule has 1 aliphatic heterocycles. The minimum atomic E-state index is -0.735. The van der Waals surface area contributed by atoms with Gasteiger partial charge in [0.05, 0.1) is 31.2 Å². The van der Waals surface area contributed by atoms with Crippen molar-refractivity contribution >= 4 is 17.0 Å². The highest BCUT2D eigenvalue weighted by molar-refractivity contribution is 5.82. The van der Waals surface area contributed by atoms with E-state index in [4.69, 9.17) is 4.74 Å². The Balaban J connectivity index is 1.62. The number of aliphatic hydroxyl groups is 3. The molecule has 1 aliphatic carbocycles. The Morgan fingerprint density at radius 2 is 2.00 bits per heavy atom. The van der Waals surface area contributed by atoms with E-state index in [9.17, 15) is 15.3 Å². The number of hydrogen-bond acceptors (Lipinski definition) is 8. The van der Waals surface area contributed by atoms with Crippen molar-refractivity contribution < 1.29 is 20.1 Å². The van der Waals surface area contributed by atoms with Gasteiger partial charge in [0.15, 0.2) is 23.2 Å². The quantitative estimate of drug-likeness (QED) is 0.616. The number of fused-ring (bicyclic) bond motifs is 1. The van der Waals surface area contributed by atoms with Crippen LogP contribution in [0.3, 0.4) is 0 Å². The molecule has 0 spiro atoms. The van der Waals surface area contributed by atoms with Crippen LogP contribution in [0.15, 0.2) is 12.7 Å². The standard InChI is InChI=1S/C16H23N5O4/c22-6-9-5-12(24)16(25-9)21-8-19-13-14(17-7-18-15(13)21)20-10-3-1-2-4-11(10)23/h7-12,16,22-24H,1-6H2,(H,17,18,20). The monoisotopic (exact) mass is 349 g/mol. The van der Waals surface area contributed by atoms with Crippen molar-refractivity contribution in [2.45, 2.75) is 62.7 Å². The molecule has 0 aromatic carbocycles. The molecule has 2 aromatic heterocycles. The molecule has 25 heavy (non-hydrogen) atoms. The summed E-state index contributed by atoms with van der Waals surface area (Å²) in [4.78, 5) is 12.9. The van der Waals surface area contributed by atoms with Crippen LogP contribution in [0.25, 0.3) is 11.2 Å².